The Morgan fingerprint density at radius 2 is 1.89 bits per heavy atom. The van der Waals surface area contributed by atoms with Crippen LogP contribution in [0.1, 0.15) is 17.0 Å². The molecule has 0 amide bonds. The SMILES string of the molecule is Cc1nn(Cc2ccccc2F)c(C)c1NC(=S)Nc1cc(Cl)ccc1Cl. The summed E-state index contributed by atoms with van der Waals surface area (Å²) in [5, 5.41) is 12.1. The second kappa shape index (κ2) is 8.25. The van der Waals surface area contributed by atoms with Crippen molar-refractivity contribution in [1.29, 1.82) is 0 Å². The lowest BCUT2D eigenvalue weighted by Crippen LogP contribution is -2.20. The van der Waals surface area contributed by atoms with Gasteiger partial charge in [-0.15, -0.1) is 0 Å². The minimum Gasteiger partial charge on any atom is -0.331 e. The summed E-state index contributed by atoms with van der Waals surface area (Å²) >= 11 is 17.5. The van der Waals surface area contributed by atoms with Crippen LogP contribution in [0.25, 0.3) is 0 Å². The van der Waals surface area contributed by atoms with E-state index in [1.165, 1.54) is 6.07 Å². The van der Waals surface area contributed by atoms with Gasteiger partial charge in [0, 0.05) is 10.6 Å². The van der Waals surface area contributed by atoms with Crippen molar-refractivity contribution < 1.29 is 4.39 Å². The number of nitrogens with zero attached hydrogens (tertiary/aromatic N) is 2. The summed E-state index contributed by atoms with van der Waals surface area (Å²) in [4.78, 5) is 0. The molecule has 0 saturated heterocycles. The molecule has 0 bridgehead atoms. The van der Waals surface area contributed by atoms with Crippen molar-refractivity contribution in [3.05, 3.63) is 75.3 Å². The number of rotatable bonds is 4. The Morgan fingerprint density at radius 1 is 1.15 bits per heavy atom. The summed E-state index contributed by atoms with van der Waals surface area (Å²) in [5.74, 6) is -0.257. The molecule has 0 radical (unpaired) electrons. The van der Waals surface area contributed by atoms with Crippen LogP contribution in [0.15, 0.2) is 42.5 Å². The van der Waals surface area contributed by atoms with E-state index in [-0.39, 0.29) is 5.82 Å². The van der Waals surface area contributed by atoms with Crippen LogP contribution in [0.3, 0.4) is 0 Å². The molecule has 1 heterocycles. The summed E-state index contributed by atoms with van der Waals surface area (Å²) < 4.78 is 15.7. The van der Waals surface area contributed by atoms with Gasteiger partial charge in [0.25, 0.3) is 0 Å². The zero-order chi connectivity index (χ0) is 19.6. The average Bonchev–Trinajstić information content (AvgIpc) is 2.87. The average molecular weight is 423 g/mol. The lowest BCUT2D eigenvalue weighted by Gasteiger charge is -2.12. The fourth-order valence-electron chi connectivity index (χ4n) is 2.68. The lowest BCUT2D eigenvalue weighted by molar-refractivity contribution is 0.579. The number of nitrogens with one attached hydrogen (secondary N) is 2. The van der Waals surface area contributed by atoms with E-state index < -0.39 is 0 Å². The van der Waals surface area contributed by atoms with E-state index in [2.05, 4.69) is 15.7 Å². The second-order valence-electron chi connectivity index (χ2n) is 6.00. The molecule has 0 unspecified atom stereocenters. The maximum atomic E-state index is 13.9. The molecule has 4 nitrogen and oxygen atoms in total. The standard InChI is InChI=1S/C19H17Cl2FN4S/c1-11-18(24-19(27)23-17-9-14(20)7-8-15(17)21)12(2)26(25-11)10-13-5-3-4-6-16(13)22/h3-9H,10H2,1-2H3,(H2,23,24,27). The number of halogens is 3. The van der Waals surface area contributed by atoms with Gasteiger partial charge in [-0.1, -0.05) is 41.4 Å². The van der Waals surface area contributed by atoms with Gasteiger partial charge in [-0.05, 0) is 50.3 Å². The van der Waals surface area contributed by atoms with E-state index in [9.17, 15) is 4.39 Å². The highest BCUT2D eigenvalue weighted by molar-refractivity contribution is 7.80. The minimum absolute atomic E-state index is 0.257. The van der Waals surface area contributed by atoms with E-state index in [1.807, 2.05) is 13.8 Å². The first-order chi connectivity index (χ1) is 12.8. The Bertz CT molecular complexity index is 1000. The number of hydrogen-bond acceptors (Lipinski definition) is 2. The van der Waals surface area contributed by atoms with Crippen molar-refractivity contribution in [2.75, 3.05) is 10.6 Å². The van der Waals surface area contributed by atoms with Gasteiger partial charge in [-0.2, -0.15) is 5.10 Å². The normalized spacial score (nSPS) is 10.7. The summed E-state index contributed by atoms with van der Waals surface area (Å²) in [5.41, 5.74) is 3.54. The van der Waals surface area contributed by atoms with Gasteiger partial charge in [-0.25, -0.2) is 4.39 Å². The zero-order valence-corrected chi connectivity index (χ0v) is 17.0. The summed E-state index contributed by atoms with van der Waals surface area (Å²) in [7, 11) is 0. The van der Waals surface area contributed by atoms with E-state index in [4.69, 9.17) is 35.4 Å². The first-order valence-corrected chi connectivity index (χ1v) is 9.32. The molecular weight excluding hydrogens is 406 g/mol. The summed E-state index contributed by atoms with van der Waals surface area (Å²) in [6, 6.07) is 11.7. The molecule has 1 aromatic heterocycles. The van der Waals surface area contributed by atoms with Gasteiger partial charge in [0.2, 0.25) is 0 Å². The number of anilines is 2. The van der Waals surface area contributed by atoms with E-state index >= 15 is 0 Å². The van der Waals surface area contributed by atoms with Gasteiger partial charge in [0.1, 0.15) is 5.82 Å². The molecule has 0 saturated carbocycles. The third-order valence-electron chi connectivity index (χ3n) is 4.07. The van der Waals surface area contributed by atoms with Gasteiger partial charge < -0.3 is 10.6 Å². The van der Waals surface area contributed by atoms with Crippen LogP contribution in [0, 0.1) is 19.7 Å². The van der Waals surface area contributed by atoms with Crippen molar-refractivity contribution in [1.82, 2.24) is 9.78 Å². The lowest BCUT2D eigenvalue weighted by atomic mass is 10.2. The Morgan fingerprint density at radius 3 is 2.63 bits per heavy atom. The Kier molecular flexibility index (Phi) is 5.99. The fraction of sp³-hybridized carbons (Fsp3) is 0.158. The second-order valence-corrected chi connectivity index (χ2v) is 7.25. The van der Waals surface area contributed by atoms with E-state index in [0.717, 1.165) is 17.1 Å². The third kappa shape index (κ3) is 4.58. The number of hydrogen-bond donors (Lipinski definition) is 2. The first kappa shape index (κ1) is 19.6. The summed E-state index contributed by atoms with van der Waals surface area (Å²) in [6.45, 7) is 4.10. The molecule has 27 heavy (non-hydrogen) atoms. The van der Waals surface area contributed by atoms with Gasteiger partial charge in [0.05, 0.1) is 34.3 Å². The highest BCUT2D eigenvalue weighted by Gasteiger charge is 2.14. The van der Waals surface area contributed by atoms with Crippen LogP contribution >= 0.6 is 35.4 Å². The molecule has 0 fully saturated rings. The quantitative estimate of drug-likeness (QED) is 0.521. The zero-order valence-electron chi connectivity index (χ0n) is 14.7. The topological polar surface area (TPSA) is 41.9 Å². The van der Waals surface area contributed by atoms with Crippen molar-refractivity contribution in [2.45, 2.75) is 20.4 Å². The monoisotopic (exact) mass is 422 g/mol. The van der Waals surface area contributed by atoms with Crippen molar-refractivity contribution >= 4 is 51.9 Å². The van der Waals surface area contributed by atoms with Crippen LogP contribution < -0.4 is 10.6 Å². The first-order valence-electron chi connectivity index (χ1n) is 8.15. The third-order valence-corrected chi connectivity index (χ3v) is 4.84. The summed E-state index contributed by atoms with van der Waals surface area (Å²) in [6.07, 6.45) is 0. The number of aryl methyl sites for hydroxylation is 1. The molecule has 0 aliphatic rings. The Balaban J connectivity index is 1.77. The molecular formula is C19H17Cl2FN4S. The molecule has 140 valence electrons. The molecule has 0 aliphatic carbocycles. The predicted octanol–water partition coefficient (Wildman–Crippen LogP) is 5.80. The number of thiocarbonyl (C=S) groups is 1. The van der Waals surface area contributed by atoms with Gasteiger partial charge >= 0.3 is 0 Å². The molecule has 3 rings (SSSR count). The molecule has 2 aromatic carbocycles. The maximum Gasteiger partial charge on any atom is 0.175 e. The highest BCUT2D eigenvalue weighted by Crippen LogP contribution is 2.26. The van der Waals surface area contributed by atoms with Crippen LogP contribution in [0.2, 0.25) is 10.0 Å². The molecule has 8 heteroatoms. The molecule has 3 aromatic rings. The van der Waals surface area contributed by atoms with Crippen molar-refractivity contribution in [2.24, 2.45) is 0 Å². The molecule has 0 atom stereocenters. The van der Waals surface area contributed by atoms with Crippen LogP contribution in [0.5, 0.6) is 0 Å². The predicted molar refractivity (Wildman–Crippen MR) is 114 cm³/mol. The molecule has 2 N–H and O–H groups in total. The van der Waals surface area contributed by atoms with Gasteiger partial charge in [-0.3, -0.25) is 4.68 Å². The van der Waals surface area contributed by atoms with Crippen LogP contribution in [-0.4, -0.2) is 14.9 Å². The van der Waals surface area contributed by atoms with E-state index in [1.54, 1.807) is 41.1 Å². The van der Waals surface area contributed by atoms with Crippen molar-refractivity contribution in [3.8, 4) is 0 Å². The van der Waals surface area contributed by atoms with Crippen molar-refractivity contribution in [3.63, 3.8) is 0 Å². The molecule has 0 aliphatic heterocycles. The fourth-order valence-corrected chi connectivity index (χ4v) is 3.23. The number of benzene rings is 2. The molecule has 0 spiro atoms. The maximum absolute atomic E-state index is 13.9. The van der Waals surface area contributed by atoms with Crippen LogP contribution in [0.4, 0.5) is 15.8 Å². The minimum atomic E-state index is -0.257. The largest absolute Gasteiger partial charge is 0.331 e. The van der Waals surface area contributed by atoms with Gasteiger partial charge in [0.15, 0.2) is 5.11 Å². The van der Waals surface area contributed by atoms with E-state index in [0.29, 0.717) is 33.0 Å². The number of aromatic nitrogens is 2. The highest BCUT2D eigenvalue weighted by atomic mass is 35.5. The smallest absolute Gasteiger partial charge is 0.175 e. The van der Waals surface area contributed by atoms with Crippen LogP contribution in [-0.2, 0) is 6.54 Å². The Labute approximate surface area is 172 Å². The Hall–Kier alpha value is -2.15.